The van der Waals surface area contributed by atoms with Crippen molar-refractivity contribution in [2.75, 3.05) is 19.6 Å². The number of carbonyl (C=O) groups excluding carboxylic acids is 2. The molecule has 0 radical (unpaired) electrons. The molecule has 1 aliphatic carbocycles. The molecule has 0 saturated heterocycles. The van der Waals surface area contributed by atoms with Crippen LogP contribution in [0.3, 0.4) is 0 Å². The van der Waals surface area contributed by atoms with E-state index >= 15 is 0 Å². The summed E-state index contributed by atoms with van der Waals surface area (Å²) >= 11 is 0. The van der Waals surface area contributed by atoms with E-state index in [0.29, 0.717) is 19.6 Å². The van der Waals surface area contributed by atoms with Crippen molar-refractivity contribution in [3.63, 3.8) is 0 Å². The minimum absolute atomic E-state index is 0.0136. The summed E-state index contributed by atoms with van der Waals surface area (Å²) in [7, 11) is 0. The molecular weight excluding hydrogens is 244 g/mol. The van der Waals surface area contributed by atoms with Gasteiger partial charge in [-0.25, -0.2) is 0 Å². The summed E-state index contributed by atoms with van der Waals surface area (Å²) in [5.41, 5.74) is -0.724. The number of hydrogen-bond acceptors (Lipinski definition) is 3. The molecule has 2 amide bonds. The van der Waals surface area contributed by atoms with Crippen molar-refractivity contribution in [1.29, 1.82) is 0 Å². The fourth-order valence-corrected chi connectivity index (χ4v) is 2.52. The van der Waals surface area contributed by atoms with Crippen molar-refractivity contribution < 1.29 is 14.7 Å². The minimum Gasteiger partial charge on any atom is -0.388 e. The maximum atomic E-state index is 11.7. The van der Waals surface area contributed by atoms with Crippen LogP contribution in [0.1, 0.15) is 52.4 Å². The molecule has 110 valence electrons. The lowest BCUT2D eigenvalue weighted by atomic mass is 10.0. The summed E-state index contributed by atoms with van der Waals surface area (Å²) in [6.07, 6.45) is 3.99. The molecular formula is C14H26N2O3. The molecule has 0 atom stereocenters. The summed E-state index contributed by atoms with van der Waals surface area (Å²) in [4.78, 5) is 25.1. The van der Waals surface area contributed by atoms with Crippen molar-refractivity contribution in [2.24, 2.45) is 0 Å². The molecule has 19 heavy (non-hydrogen) atoms. The van der Waals surface area contributed by atoms with Gasteiger partial charge in [0.15, 0.2) is 0 Å². The quantitative estimate of drug-likeness (QED) is 0.726. The predicted octanol–water partition coefficient (Wildman–Crippen LogP) is 1.06. The van der Waals surface area contributed by atoms with E-state index in [1.165, 1.54) is 0 Å². The lowest BCUT2D eigenvalue weighted by Crippen LogP contribution is -2.41. The first-order valence-electron chi connectivity index (χ1n) is 7.27. The normalized spacial score (nSPS) is 17.2. The third-order valence-corrected chi connectivity index (χ3v) is 3.83. The standard InChI is InChI=1S/C14H26N2O3/c1-3-16(4-2)13(18)8-7-12(17)15-11-14(19)9-5-6-10-14/h19H,3-11H2,1-2H3,(H,15,17). The maximum absolute atomic E-state index is 11.7. The lowest BCUT2D eigenvalue weighted by molar-refractivity contribution is -0.133. The van der Waals surface area contributed by atoms with Gasteiger partial charge in [0.05, 0.1) is 5.60 Å². The molecule has 5 heteroatoms. The van der Waals surface area contributed by atoms with Crippen molar-refractivity contribution in [1.82, 2.24) is 10.2 Å². The number of aliphatic hydroxyl groups is 1. The predicted molar refractivity (Wildman–Crippen MR) is 73.6 cm³/mol. The van der Waals surface area contributed by atoms with Crippen LogP contribution in [0.5, 0.6) is 0 Å². The van der Waals surface area contributed by atoms with Crippen LogP contribution >= 0.6 is 0 Å². The summed E-state index contributed by atoms with van der Waals surface area (Å²) in [6.45, 7) is 5.52. The van der Waals surface area contributed by atoms with Gasteiger partial charge in [-0.2, -0.15) is 0 Å². The first-order chi connectivity index (χ1) is 9.00. The monoisotopic (exact) mass is 270 g/mol. The molecule has 0 heterocycles. The third kappa shape index (κ3) is 5.19. The number of amides is 2. The molecule has 1 aliphatic rings. The number of carbonyl (C=O) groups is 2. The Morgan fingerprint density at radius 2 is 1.74 bits per heavy atom. The number of rotatable bonds is 7. The zero-order chi connectivity index (χ0) is 14.3. The minimum atomic E-state index is -0.724. The van der Waals surface area contributed by atoms with Gasteiger partial charge in [-0.1, -0.05) is 12.8 Å². The Bertz CT molecular complexity index is 308. The van der Waals surface area contributed by atoms with E-state index in [4.69, 9.17) is 0 Å². The second kappa shape index (κ2) is 7.48. The highest BCUT2D eigenvalue weighted by Crippen LogP contribution is 2.28. The smallest absolute Gasteiger partial charge is 0.223 e. The molecule has 1 rings (SSSR count). The number of nitrogens with one attached hydrogen (secondary N) is 1. The van der Waals surface area contributed by atoms with Crippen LogP contribution in [0.2, 0.25) is 0 Å². The Labute approximate surface area is 115 Å². The van der Waals surface area contributed by atoms with Crippen molar-refractivity contribution in [3.05, 3.63) is 0 Å². The van der Waals surface area contributed by atoms with Crippen LogP contribution in [0.25, 0.3) is 0 Å². The van der Waals surface area contributed by atoms with E-state index < -0.39 is 5.60 Å². The average Bonchev–Trinajstić information content (AvgIpc) is 2.83. The third-order valence-electron chi connectivity index (χ3n) is 3.83. The molecule has 2 N–H and O–H groups in total. The van der Waals surface area contributed by atoms with Gasteiger partial charge in [-0.3, -0.25) is 9.59 Å². The zero-order valence-corrected chi connectivity index (χ0v) is 12.1. The van der Waals surface area contributed by atoms with Crippen LogP contribution in [0.15, 0.2) is 0 Å². The highest BCUT2D eigenvalue weighted by atomic mass is 16.3. The average molecular weight is 270 g/mol. The summed E-state index contributed by atoms with van der Waals surface area (Å²) in [5, 5.41) is 12.8. The fraction of sp³-hybridized carbons (Fsp3) is 0.857. The Morgan fingerprint density at radius 3 is 2.26 bits per heavy atom. The highest BCUT2D eigenvalue weighted by Gasteiger charge is 2.31. The van der Waals surface area contributed by atoms with Gasteiger partial charge in [0.2, 0.25) is 11.8 Å². The van der Waals surface area contributed by atoms with Gasteiger partial charge in [0, 0.05) is 32.5 Å². The van der Waals surface area contributed by atoms with Gasteiger partial charge >= 0.3 is 0 Å². The van der Waals surface area contributed by atoms with Crippen LogP contribution in [-0.4, -0.2) is 47.1 Å². The van der Waals surface area contributed by atoms with E-state index in [1.54, 1.807) is 4.90 Å². The largest absolute Gasteiger partial charge is 0.388 e. The Balaban J connectivity index is 2.22. The Hall–Kier alpha value is -1.10. The summed E-state index contributed by atoms with van der Waals surface area (Å²) in [5.74, 6) is -0.138. The van der Waals surface area contributed by atoms with Gasteiger partial charge in [-0.15, -0.1) is 0 Å². The second-order valence-electron chi connectivity index (χ2n) is 5.27. The van der Waals surface area contributed by atoms with E-state index in [1.807, 2.05) is 13.8 Å². The first kappa shape index (κ1) is 16.0. The molecule has 1 fully saturated rings. The van der Waals surface area contributed by atoms with Crippen LogP contribution in [-0.2, 0) is 9.59 Å². The molecule has 5 nitrogen and oxygen atoms in total. The van der Waals surface area contributed by atoms with Crippen LogP contribution in [0, 0.1) is 0 Å². The Kier molecular flexibility index (Phi) is 6.28. The van der Waals surface area contributed by atoms with Crippen molar-refractivity contribution in [2.45, 2.75) is 58.0 Å². The topological polar surface area (TPSA) is 69.6 Å². The molecule has 0 spiro atoms. The van der Waals surface area contributed by atoms with Crippen LogP contribution < -0.4 is 5.32 Å². The van der Waals surface area contributed by atoms with Crippen LogP contribution in [0.4, 0.5) is 0 Å². The SMILES string of the molecule is CCN(CC)C(=O)CCC(=O)NCC1(O)CCCC1. The van der Waals surface area contributed by atoms with Gasteiger partial charge < -0.3 is 15.3 Å². The highest BCUT2D eigenvalue weighted by molar-refractivity contribution is 5.83. The first-order valence-corrected chi connectivity index (χ1v) is 7.27. The molecule has 0 aliphatic heterocycles. The van der Waals surface area contributed by atoms with E-state index in [2.05, 4.69) is 5.32 Å². The van der Waals surface area contributed by atoms with E-state index in [0.717, 1.165) is 25.7 Å². The van der Waals surface area contributed by atoms with Gasteiger partial charge in [-0.05, 0) is 26.7 Å². The van der Waals surface area contributed by atoms with Crippen molar-refractivity contribution >= 4 is 11.8 Å². The molecule has 0 aromatic heterocycles. The molecule has 0 aromatic carbocycles. The number of hydrogen-bond donors (Lipinski definition) is 2. The molecule has 0 aromatic rings. The van der Waals surface area contributed by atoms with Gasteiger partial charge in [0.1, 0.15) is 0 Å². The lowest BCUT2D eigenvalue weighted by Gasteiger charge is -2.22. The second-order valence-corrected chi connectivity index (χ2v) is 5.27. The summed E-state index contributed by atoms with van der Waals surface area (Å²) < 4.78 is 0. The number of nitrogens with zero attached hydrogens (tertiary/aromatic N) is 1. The van der Waals surface area contributed by atoms with E-state index in [9.17, 15) is 14.7 Å². The van der Waals surface area contributed by atoms with Crippen molar-refractivity contribution in [3.8, 4) is 0 Å². The molecule has 0 unspecified atom stereocenters. The molecule has 0 bridgehead atoms. The zero-order valence-electron chi connectivity index (χ0n) is 12.1. The Morgan fingerprint density at radius 1 is 1.16 bits per heavy atom. The summed E-state index contributed by atoms with van der Waals surface area (Å²) in [6, 6.07) is 0. The molecule has 1 saturated carbocycles. The maximum Gasteiger partial charge on any atom is 0.223 e. The van der Waals surface area contributed by atoms with Gasteiger partial charge in [0.25, 0.3) is 0 Å². The van der Waals surface area contributed by atoms with E-state index in [-0.39, 0.29) is 24.7 Å². The fourth-order valence-electron chi connectivity index (χ4n) is 2.52.